The zero-order chi connectivity index (χ0) is 20.5. The van der Waals surface area contributed by atoms with Gasteiger partial charge in [0.25, 0.3) is 0 Å². The first kappa shape index (κ1) is 20.7. The maximum Gasteiger partial charge on any atom is 0.316 e. The van der Waals surface area contributed by atoms with Crippen LogP contribution in [-0.2, 0) is 16.1 Å². The van der Waals surface area contributed by atoms with Gasteiger partial charge < -0.3 is 14.8 Å². The van der Waals surface area contributed by atoms with E-state index in [-0.39, 0.29) is 11.7 Å². The van der Waals surface area contributed by atoms with Crippen LogP contribution >= 0.6 is 11.8 Å². The van der Waals surface area contributed by atoms with Crippen LogP contribution in [0, 0.1) is 0 Å². The molecule has 0 aliphatic heterocycles. The fourth-order valence-electron chi connectivity index (χ4n) is 2.69. The van der Waals surface area contributed by atoms with E-state index in [2.05, 4.69) is 15.5 Å². The highest BCUT2D eigenvalue weighted by Crippen LogP contribution is 2.26. The Morgan fingerprint density at radius 3 is 2.62 bits per heavy atom. The zero-order valence-corrected chi connectivity index (χ0v) is 17.3. The number of ether oxygens (including phenoxy) is 2. The normalized spacial score (nSPS) is 10.6. The minimum absolute atomic E-state index is 0.185. The van der Waals surface area contributed by atoms with Crippen LogP contribution in [0.15, 0.2) is 59.8 Å². The minimum atomic E-state index is -0.256. The molecular weight excluding hydrogens is 388 g/mol. The number of anilines is 1. The summed E-state index contributed by atoms with van der Waals surface area (Å²) in [5.74, 6) is 1.41. The Bertz CT molecular complexity index is 931. The molecule has 0 spiro atoms. The predicted octanol–water partition coefficient (Wildman–Crippen LogP) is 3.93. The topological polar surface area (TPSA) is 78.3 Å². The van der Waals surface area contributed by atoms with Crippen LogP contribution in [0.5, 0.6) is 5.75 Å². The van der Waals surface area contributed by atoms with Crippen molar-refractivity contribution in [3.63, 3.8) is 0 Å². The van der Waals surface area contributed by atoms with Gasteiger partial charge in [-0.15, -0.1) is 10.2 Å². The molecule has 1 heterocycles. The second-order valence-electron chi connectivity index (χ2n) is 6.13. The lowest BCUT2D eigenvalue weighted by Gasteiger charge is -2.13. The molecule has 0 bridgehead atoms. The van der Waals surface area contributed by atoms with Crippen LogP contribution in [0.25, 0.3) is 5.69 Å². The Morgan fingerprint density at radius 2 is 1.86 bits per heavy atom. The van der Waals surface area contributed by atoms with Crippen molar-refractivity contribution in [1.29, 1.82) is 0 Å². The van der Waals surface area contributed by atoms with Crippen LogP contribution in [-0.4, -0.2) is 40.2 Å². The predicted molar refractivity (Wildman–Crippen MR) is 114 cm³/mol. The second kappa shape index (κ2) is 10.5. The van der Waals surface area contributed by atoms with Crippen molar-refractivity contribution < 1.29 is 14.3 Å². The van der Waals surface area contributed by atoms with Gasteiger partial charge in [-0.2, -0.15) is 0 Å². The molecule has 2 aromatic carbocycles. The number of thioether (sulfide) groups is 1. The molecule has 7 nitrogen and oxygen atoms in total. The highest BCUT2D eigenvalue weighted by molar-refractivity contribution is 7.99. The highest BCUT2D eigenvalue weighted by atomic mass is 32.2. The monoisotopic (exact) mass is 412 g/mol. The molecule has 0 saturated carbocycles. The third-order valence-electron chi connectivity index (χ3n) is 4.04. The van der Waals surface area contributed by atoms with Gasteiger partial charge in [0.05, 0.1) is 31.7 Å². The smallest absolute Gasteiger partial charge is 0.316 e. The van der Waals surface area contributed by atoms with E-state index in [0.717, 1.165) is 29.4 Å². The Labute approximate surface area is 174 Å². The van der Waals surface area contributed by atoms with Gasteiger partial charge in [-0.1, -0.05) is 49.0 Å². The Morgan fingerprint density at radius 1 is 1.10 bits per heavy atom. The van der Waals surface area contributed by atoms with Gasteiger partial charge in [0.15, 0.2) is 11.0 Å². The van der Waals surface area contributed by atoms with E-state index in [1.807, 2.05) is 66.1 Å². The number of nitrogens with zero attached hydrogens (tertiary/aromatic N) is 3. The molecule has 3 rings (SSSR count). The Balaban J connectivity index is 1.80. The molecule has 152 valence electrons. The summed E-state index contributed by atoms with van der Waals surface area (Å²) in [6.45, 7) is 2.84. The third-order valence-corrected chi connectivity index (χ3v) is 4.95. The number of aromatic nitrogens is 3. The van der Waals surface area contributed by atoms with E-state index in [1.54, 1.807) is 7.11 Å². The van der Waals surface area contributed by atoms with Crippen molar-refractivity contribution in [1.82, 2.24) is 14.8 Å². The first-order valence-electron chi connectivity index (χ1n) is 9.38. The maximum atomic E-state index is 11.9. The first-order valence-corrected chi connectivity index (χ1v) is 10.4. The molecule has 3 aromatic rings. The van der Waals surface area contributed by atoms with Gasteiger partial charge >= 0.3 is 5.97 Å². The fraction of sp³-hybridized carbons (Fsp3) is 0.286. The molecule has 0 amide bonds. The lowest BCUT2D eigenvalue weighted by Crippen LogP contribution is -2.11. The molecule has 0 radical (unpaired) electrons. The summed E-state index contributed by atoms with van der Waals surface area (Å²) in [4.78, 5) is 11.9. The van der Waals surface area contributed by atoms with Crippen molar-refractivity contribution in [2.24, 2.45) is 0 Å². The van der Waals surface area contributed by atoms with Crippen molar-refractivity contribution in [2.45, 2.75) is 25.0 Å². The number of esters is 1. The second-order valence-corrected chi connectivity index (χ2v) is 7.08. The number of benzene rings is 2. The molecular formula is C21H24N4O3S. The molecule has 8 heteroatoms. The summed E-state index contributed by atoms with van der Waals surface area (Å²) in [6, 6.07) is 17.5. The third kappa shape index (κ3) is 5.51. The number of carbonyl (C=O) groups is 1. The Hall–Kier alpha value is -3.00. The number of nitrogens with one attached hydrogen (secondary N) is 1. The SMILES string of the molecule is CCCOC(=O)CSc1nnc(CNc2ccccc2OC)n1-c1ccccc1. The first-order chi connectivity index (χ1) is 14.2. The van der Waals surface area contributed by atoms with Crippen molar-refractivity contribution in [3.8, 4) is 11.4 Å². The number of carbonyl (C=O) groups excluding carboxylic acids is 1. The molecule has 1 N–H and O–H groups in total. The number of hydrogen-bond donors (Lipinski definition) is 1. The largest absolute Gasteiger partial charge is 0.495 e. The van der Waals surface area contributed by atoms with Crippen LogP contribution in [0.3, 0.4) is 0 Å². The van der Waals surface area contributed by atoms with Crippen LogP contribution in [0.1, 0.15) is 19.2 Å². The zero-order valence-electron chi connectivity index (χ0n) is 16.5. The summed E-state index contributed by atoms with van der Waals surface area (Å²) < 4.78 is 12.5. The van der Waals surface area contributed by atoms with Crippen LogP contribution in [0.4, 0.5) is 5.69 Å². The number of para-hydroxylation sites is 3. The quantitative estimate of drug-likeness (QED) is 0.399. The number of hydrogen-bond acceptors (Lipinski definition) is 7. The lowest BCUT2D eigenvalue weighted by atomic mass is 10.3. The molecule has 0 fully saturated rings. The molecule has 0 unspecified atom stereocenters. The standard InChI is InChI=1S/C21H24N4O3S/c1-3-13-28-20(26)15-29-21-24-23-19(25(21)16-9-5-4-6-10-16)14-22-17-11-7-8-12-18(17)27-2/h4-12,22H,3,13-15H2,1-2H3. The van der Waals surface area contributed by atoms with Gasteiger partial charge in [0.1, 0.15) is 5.75 Å². The van der Waals surface area contributed by atoms with E-state index in [4.69, 9.17) is 9.47 Å². The molecule has 0 aliphatic rings. The summed E-state index contributed by atoms with van der Waals surface area (Å²) in [7, 11) is 1.64. The fourth-order valence-corrected chi connectivity index (χ4v) is 3.46. The molecule has 1 aromatic heterocycles. The van der Waals surface area contributed by atoms with E-state index in [9.17, 15) is 4.79 Å². The summed E-state index contributed by atoms with van der Waals surface area (Å²) in [5.41, 5.74) is 1.80. The van der Waals surface area contributed by atoms with Gasteiger partial charge in [0, 0.05) is 5.69 Å². The van der Waals surface area contributed by atoms with Gasteiger partial charge in [-0.3, -0.25) is 9.36 Å². The molecule has 0 saturated heterocycles. The molecule has 0 aliphatic carbocycles. The van der Waals surface area contributed by atoms with Crippen LogP contribution in [0.2, 0.25) is 0 Å². The lowest BCUT2D eigenvalue weighted by molar-refractivity contribution is -0.140. The van der Waals surface area contributed by atoms with Crippen LogP contribution < -0.4 is 10.1 Å². The maximum absolute atomic E-state index is 11.9. The van der Waals surface area contributed by atoms with E-state index in [1.165, 1.54) is 11.8 Å². The van der Waals surface area contributed by atoms with E-state index in [0.29, 0.717) is 18.3 Å². The van der Waals surface area contributed by atoms with Gasteiger partial charge in [-0.25, -0.2) is 0 Å². The van der Waals surface area contributed by atoms with E-state index >= 15 is 0 Å². The number of methoxy groups -OCH3 is 1. The van der Waals surface area contributed by atoms with Gasteiger partial charge in [-0.05, 0) is 30.7 Å². The summed E-state index contributed by atoms with van der Waals surface area (Å²) in [5, 5.41) is 12.6. The van der Waals surface area contributed by atoms with Crippen molar-refractivity contribution in [2.75, 3.05) is 24.8 Å². The van der Waals surface area contributed by atoms with Gasteiger partial charge in [0.2, 0.25) is 0 Å². The minimum Gasteiger partial charge on any atom is -0.495 e. The average Bonchev–Trinajstić information content (AvgIpc) is 3.18. The molecule has 0 atom stereocenters. The van der Waals surface area contributed by atoms with Crippen molar-refractivity contribution in [3.05, 3.63) is 60.4 Å². The Kier molecular flexibility index (Phi) is 7.52. The van der Waals surface area contributed by atoms with E-state index < -0.39 is 0 Å². The van der Waals surface area contributed by atoms with Crippen molar-refractivity contribution >= 4 is 23.4 Å². The highest BCUT2D eigenvalue weighted by Gasteiger charge is 2.16. The molecule has 29 heavy (non-hydrogen) atoms. The summed E-state index contributed by atoms with van der Waals surface area (Å²) >= 11 is 1.31. The number of rotatable bonds is 10. The average molecular weight is 413 g/mol. The summed E-state index contributed by atoms with van der Waals surface area (Å²) in [6.07, 6.45) is 0.801.